The SMILES string of the molecule is Cn1ccnc1C(O)(CC(=O)Nc1ccc(Cc2nc3ccccc3s2)cc1)C(F)(F)F. The Labute approximate surface area is 185 Å². The molecule has 4 aromatic rings. The van der Waals surface area contributed by atoms with Crippen molar-refractivity contribution in [2.75, 3.05) is 5.32 Å². The summed E-state index contributed by atoms with van der Waals surface area (Å²) in [6.07, 6.45) is -3.29. The van der Waals surface area contributed by atoms with E-state index in [-0.39, 0.29) is 0 Å². The predicted molar refractivity (Wildman–Crippen MR) is 115 cm³/mol. The van der Waals surface area contributed by atoms with E-state index in [9.17, 15) is 23.1 Å². The summed E-state index contributed by atoms with van der Waals surface area (Å²) >= 11 is 1.59. The Balaban J connectivity index is 1.44. The number of aryl methyl sites for hydroxylation is 1. The van der Waals surface area contributed by atoms with Crippen molar-refractivity contribution in [3.05, 3.63) is 77.3 Å². The highest BCUT2D eigenvalue weighted by Gasteiger charge is 2.58. The number of hydrogen-bond donors (Lipinski definition) is 2. The largest absolute Gasteiger partial charge is 0.425 e. The highest BCUT2D eigenvalue weighted by Crippen LogP contribution is 2.41. The number of imidazole rings is 1. The lowest BCUT2D eigenvalue weighted by Crippen LogP contribution is -2.46. The fraction of sp³-hybridized carbons (Fsp3) is 0.227. The molecule has 2 N–H and O–H groups in total. The number of thiazole rings is 1. The quantitative estimate of drug-likeness (QED) is 0.447. The molecule has 10 heteroatoms. The van der Waals surface area contributed by atoms with Crippen LogP contribution in [0.3, 0.4) is 0 Å². The Morgan fingerprint density at radius 3 is 2.50 bits per heavy atom. The standard InChI is InChI=1S/C22H19F3N4O2S/c1-29-11-10-26-20(29)21(31,22(23,24)25)13-18(30)27-15-8-6-14(7-9-15)12-19-28-16-4-2-3-5-17(16)32-19/h2-11,31H,12-13H2,1H3,(H,27,30). The molecule has 2 aromatic heterocycles. The van der Waals surface area contributed by atoms with Crippen molar-refractivity contribution in [1.29, 1.82) is 0 Å². The summed E-state index contributed by atoms with van der Waals surface area (Å²) < 4.78 is 42.9. The van der Waals surface area contributed by atoms with Gasteiger partial charge in [0, 0.05) is 31.5 Å². The number of carbonyl (C=O) groups is 1. The van der Waals surface area contributed by atoms with E-state index in [0.717, 1.165) is 31.6 Å². The zero-order valence-electron chi connectivity index (χ0n) is 16.9. The van der Waals surface area contributed by atoms with Crippen LogP contribution in [-0.4, -0.2) is 31.7 Å². The number of aromatic nitrogens is 3. The van der Waals surface area contributed by atoms with Gasteiger partial charge in [0.1, 0.15) is 0 Å². The molecule has 1 atom stereocenters. The zero-order chi connectivity index (χ0) is 22.9. The lowest BCUT2D eigenvalue weighted by molar-refractivity contribution is -0.270. The second kappa shape index (κ2) is 8.36. The molecule has 0 spiro atoms. The maximum Gasteiger partial charge on any atom is 0.425 e. The van der Waals surface area contributed by atoms with Gasteiger partial charge in [0.15, 0.2) is 5.82 Å². The monoisotopic (exact) mass is 460 g/mol. The van der Waals surface area contributed by atoms with Crippen LogP contribution >= 0.6 is 11.3 Å². The molecule has 1 amide bonds. The minimum Gasteiger partial charge on any atom is -0.374 e. The third-order valence-electron chi connectivity index (χ3n) is 5.01. The summed E-state index contributed by atoms with van der Waals surface area (Å²) in [4.78, 5) is 20.5. The van der Waals surface area contributed by atoms with Crippen LogP contribution in [0.1, 0.15) is 22.8 Å². The van der Waals surface area contributed by atoms with E-state index in [1.165, 1.54) is 13.2 Å². The number of nitrogens with one attached hydrogen (secondary N) is 1. The second-order valence-electron chi connectivity index (χ2n) is 7.39. The minimum atomic E-state index is -5.08. The molecule has 0 saturated heterocycles. The Bertz CT molecular complexity index is 1220. The second-order valence-corrected chi connectivity index (χ2v) is 8.51. The van der Waals surface area contributed by atoms with Gasteiger partial charge < -0.3 is 15.0 Å². The first-order valence-electron chi connectivity index (χ1n) is 9.66. The Hall–Kier alpha value is -3.24. The van der Waals surface area contributed by atoms with Crippen molar-refractivity contribution in [3.8, 4) is 0 Å². The number of rotatable bonds is 6. The van der Waals surface area contributed by atoms with Gasteiger partial charge >= 0.3 is 6.18 Å². The van der Waals surface area contributed by atoms with E-state index in [1.54, 1.807) is 35.6 Å². The van der Waals surface area contributed by atoms with Crippen molar-refractivity contribution in [2.45, 2.75) is 24.6 Å². The lowest BCUT2D eigenvalue weighted by Gasteiger charge is -2.29. The van der Waals surface area contributed by atoms with E-state index < -0.39 is 29.9 Å². The van der Waals surface area contributed by atoms with Gasteiger partial charge in [-0.05, 0) is 29.8 Å². The van der Waals surface area contributed by atoms with E-state index in [2.05, 4.69) is 15.3 Å². The normalized spacial score (nSPS) is 13.8. The molecular formula is C22H19F3N4O2S. The van der Waals surface area contributed by atoms with Crippen LogP contribution in [-0.2, 0) is 23.9 Å². The van der Waals surface area contributed by atoms with E-state index in [4.69, 9.17) is 0 Å². The number of benzene rings is 2. The number of anilines is 1. The topological polar surface area (TPSA) is 80.0 Å². The maximum atomic E-state index is 13.6. The van der Waals surface area contributed by atoms with E-state index >= 15 is 0 Å². The number of hydrogen-bond acceptors (Lipinski definition) is 5. The fourth-order valence-electron chi connectivity index (χ4n) is 3.38. The lowest BCUT2D eigenvalue weighted by atomic mass is 9.97. The van der Waals surface area contributed by atoms with Crippen LogP contribution in [0.5, 0.6) is 0 Å². The molecule has 4 rings (SSSR count). The first-order valence-corrected chi connectivity index (χ1v) is 10.5. The number of carbonyl (C=O) groups excluding carboxylic acids is 1. The third-order valence-corrected chi connectivity index (χ3v) is 6.04. The first kappa shape index (κ1) is 22.0. The van der Waals surface area contributed by atoms with Crippen molar-refractivity contribution in [2.24, 2.45) is 7.05 Å². The number of alkyl halides is 3. The number of halogens is 3. The van der Waals surface area contributed by atoms with Crippen molar-refractivity contribution in [3.63, 3.8) is 0 Å². The molecule has 0 saturated carbocycles. The number of para-hydroxylation sites is 1. The Morgan fingerprint density at radius 1 is 1.16 bits per heavy atom. The molecular weight excluding hydrogens is 441 g/mol. The number of nitrogens with zero attached hydrogens (tertiary/aromatic N) is 3. The number of amides is 1. The van der Waals surface area contributed by atoms with Crippen LogP contribution in [0.15, 0.2) is 60.9 Å². The third kappa shape index (κ3) is 4.37. The molecule has 2 heterocycles. The molecule has 0 fully saturated rings. The van der Waals surface area contributed by atoms with Crippen molar-refractivity contribution < 1.29 is 23.1 Å². The molecule has 0 aliphatic rings. The Kier molecular flexibility index (Phi) is 5.74. The molecule has 32 heavy (non-hydrogen) atoms. The van der Waals surface area contributed by atoms with Gasteiger partial charge in [-0.25, -0.2) is 9.97 Å². The summed E-state index contributed by atoms with van der Waals surface area (Å²) in [5.41, 5.74) is -1.20. The smallest absolute Gasteiger partial charge is 0.374 e. The molecule has 6 nitrogen and oxygen atoms in total. The van der Waals surface area contributed by atoms with Crippen LogP contribution < -0.4 is 5.32 Å². The summed E-state index contributed by atoms with van der Waals surface area (Å²) in [5, 5.41) is 13.7. The van der Waals surface area contributed by atoms with Gasteiger partial charge in [0.25, 0.3) is 0 Å². The van der Waals surface area contributed by atoms with Gasteiger partial charge in [0.05, 0.1) is 21.6 Å². The Morgan fingerprint density at radius 2 is 1.88 bits per heavy atom. The van der Waals surface area contributed by atoms with Crippen molar-refractivity contribution in [1.82, 2.24) is 14.5 Å². The molecule has 0 aliphatic carbocycles. The summed E-state index contributed by atoms with van der Waals surface area (Å²) in [6, 6.07) is 14.6. The van der Waals surface area contributed by atoms with Gasteiger partial charge in [-0.15, -0.1) is 11.3 Å². The van der Waals surface area contributed by atoms with Crippen molar-refractivity contribution >= 4 is 33.1 Å². The molecule has 0 bridgehead atoms. The van der Waals surface area contributed by atoms with Gasteiger partial charge in [-0.2, -0.15) is 13.2 Å². The van der Waals surface area contributed by atoms with Crippen LogP contribution in [0.25, 0.3) is 10.2 Å². The van der Waals surface area contributed by atoms with Gasteiger partial charge in [0.2, 0.25) is 11.5 Å². The molecule has 0 radical (unpaired) electrons. The summed E-state index contributed by atoms with van der Waals surface area (Å²) in [5.74, 6) is -1.63. The number of fused-ring (bicyclic) bond motifs is 1. The van der Waals surface area contributed by atoms with Gasteiger partial charge in [-0.1, -0.05) is 24.3 Å². The van der Waals surface area contributed by atoms with Crippen LogP contribution in [0.4, 0.5) is 18.9 Å². The zero-order valence-corrected chi connectivity index (χ0v) is 17.7. The van der Waals surface area contributed by atoms with Crippen LogP contribution in [0.2, 0.25) is 0 Å². The average Bonchev–Trinajstić information content (AvgIpc) is 3.34. The fourth-order valence-corrected chi connectivity index (χ4v) is 4.39. The first-order chi connectivity index (χ1) is 15.2. The number of aliphatic hydroxyl groups is 1. The molecule has 2 aromatic carbocycles. The summed E-state index contributed by atoms with van der Waals surface area (Å²) in [6.45, 7) is 0. The average molecular weight is 460 g/mol. The molecule has 166 valence electrons. The summed E-state index contributed by atoms with van der Waals surface area (Å²) in [7, 11) is 1.32. The highest BCUT2D eigenvalue weighted by atomic mass is 32.1. The maximum absolute atomic E-state index is 13.6. The highest BCUT2D eigenvalue weighted by molar-refractivity contribution is 7.18. The van der Waals surface area contributed by atoms with Gasteiger partial charge in [-0.3, -0.25) is 4.79 Å². The predicted octanol–water partition coefficient (Wildman–Crippen LogP) is 4.40. The molecule has 1 unspecified atom stereocenters. The molecule has 0 aliphatic heterocycles. The van der Waals surface area contributed by atoms with E-state index in [0.29, 0.717) is 12.1 Å². The van der Waals surface area contributed by atoms with Crippen LogP contribution in [0, 0.1) is 0 Å². The van der Waals surface area contributed by atoms with E-state index in [1.807, 2.05) is 24.3 Å². The minimum absolute atomic E-state index is 0.326.